The Morgan fingerprint density at radius 3 is 2.55 bits per heavy atom. The summed E-state index contributed by atoms with van der Waals surface area (Å²) >= 11 is 8.14. The number of hydrogen-bond donors (Lipinski definition) is 1. The smallest absolute Gasteiger partial charge is 0.0545 e. The molecule has 0 heterocycles. The fraction of sp³-hybridized carbons (Fsp3) is 0.294. The van der Waals surface area contributed by atoms with Crippen molar-refractivity contribution >= 4 is 23.4 Å². The van der Waals surface area contributed by atoms with Gasteiger partial charge in [0.2, 0.25) is 0 Å². The largest absolute Gasteiger partial charge is 0.313 e. The summed E-state index contributed by atoms with van der Waals surface area (Å²) in [7, 11) is 0. The van der Waals surface area contributed by atoms with Crippen LogP contribution in [-0.2, 0) is 12.3 Å². The van der Waals surface area contributed by atoms with Crippen LogP contribution in [0.4, 0.5) is 0 Å². The van der Waals surface area contributed by atoms with E-state index in [1.807, 2.05) is 6.07 Å². The molecule has 0 radical (unpaired) electrons. The number of thioether (sulfide) groups is 1. The first kappa shape index (κ1) is 15.4. The topological polar surface area (TPSA) is 12.0 Å². The first-order valence-corrected chi connectivity index (χ1v) is 8.32. The molecule has 1 N–H and O–H groups in total. The molecule has 2 aromatic carbocycles. The Kier molecular flexibility index (Phi) is 6.44. The number of hydrogen-bond acceptors (Lipinski definition) is 2. The minimum Gasteiger partial charge on any atom is -0.313 e. The van der Waals surface area contributed by atoms with Gasteiger partial charge in [-0.1, -0.05) is 54.9 Å². The van der Waals surface area contributed by atoms with Gasteiger partial charge < -0.3 is 5.32 Å². The zero-order valence-electron chi connectivity index (χ0n) is 11.7. The maximum absolute atomic E-state index is 6.36. The van der Waals surface area contributed by atoms with Crippen molar-refractivity contribution in [2.75, 3.05) is 6.54 Å². The second-order valence-corrected chi connectivity index (χ2v) is 6.14. The third kappa shape index (κ3) is 4.86. The molecule has 2 rings (SSSR count). The lowest BCUT2D eigenvalue weighted by Gasteiger charge is -2.08. The van der Waals surface area contributed by atoms with Gasteiger partial charge in [0.25, 0.3) is 0 Å². The second kappa shape index (κ2) is 8.35. The molecule has 0 aliphatic carbocycles. The molecule has 3 heteroatoms. The Hall–Kier alpha value is -0.960. The van der Waals surface area contributed by atoms with Gasteiger partial charge in [-0.2, -0.15) is 0 Å². The first-order valence-electron chi connectivity index (χ1n) is 6.95. The molecule has 0 aliphatic rings. The molecule has 0 fully saturated rings. The Morgan fingerprint density at radius 2 is 1.85 bits per heavy atom. The van der Waals surface area contributed by atoms with E-state index in [2.05, 4.69) is 54.7 Å². The molecule has 106 valence electrons. The predicted molar refractivity (Wildman–Crippen MR) is 89.5 cm³/mol. The summed E-state index contributed by atoms with van der Waals surface area (Å²) in [4.78, 5) is 1.15. The highest BCUT2D eigenvalue weighted by Gasteiger charge is 2.03. The Labute approximate surface area is 130 Å². The van der Waals surface area contributed by atoms with E-state index in [1.165, 1.54) is 11.1 Å². The minimum absolute atomic E-state index is 0.849. The van der Waals surface area contributed by atoms with Crippen LogP contribution in [0.25, 0.3) is 0 Å². The lowest BCUT2D eigenvalue weighted by Crippen LogP contribution is -2.13. The van der Waals surface area contributed by atoms with E-state index < -0.39 is 0 Å². The van der Waals surface area contributed by atoms with Gasteiger partial charge >= 0.3 is 0 Å². The molecule has 0 amide bonds. The van der Waals surface area contributed by atoms with Crippen LogP contribution in [0.1, 0.15) is 24.5 Å². The molecule has 0 spiro atoms. The van der Waals surface area contributed by atoms with E-state index in [0.717, 1.165) is 35.2 Å². The fourth-order valence-corrected chi connectivity index (χ4v) is 3.16. The Balaban J connectivity index is 1.92. The van der Waals surface area contributed by atoms with Crippen LogP contribution >= 0.6 is 23.4 Å². The quantitative estimate of drug-likeness (QED) is 0.562. The number of benzene rings is 2. The summed E-state index contributed by atoms with van der Waals surface area (Å²) in [6, 6.07) is 16.8. The van der Waals surface area contributed by atoms with E-state index in [1.54, 1.807) is 11.8 Å². The monoisotopic (exact) mass is 305 g/mol. The van der Waals surface area contributed by atoms with Crippen LogP contribution in [0.5, 0.6) is 0 Å². The number of rotatable bonds is 7. The third-order valence-electron chi connectivity index (χ3n) is 2.99. The first-order chi connectivity index (χ1) is 9.79. The number of halogens is 1. The lowest BCUT2D eigenvalue weighted by molar-refractivity contribution is 0.675. The molecule has 0 unspecified atom stereocenters. The van der Waals surface area contributed by atoms with Gasteiger partial charge in [-0.05, 0) is 36.2 Å². The molecule has 1 nitrogen and oxygen atoms in total. The van der Waals surface area contributed by atoms with Gasteiger partial charge in [0.15, 0.2) is 0 Å². The zero-order valence-corrected chi connectivity index (χ0v) is 13.3. The standard InChI is InChI=1S/C17H20ClNS/c1-2-10-19-12-15-8-9-17(16(18)11-15)20-13-14-6-4-3-5-7-14/h3-9,11,19H,2,10,12-13H2,1H3. The van der Waals surface area contributed by atoms with Gasteiger partial charge in [-0.15, -0.1) is 11.8 Å². The Morgan fingerprint density at radius 1 is 1.05 bits per heavy atom. The summed E-state index contributed by atoms with van der Waals surface area (Å²) in [5.41, 5.74) is 2.56. The maximum Gasteiger partial charge on any atom is 0.0545 e. The average molecular weight is 306 g/mol. The van der Waals surface area contributed by atoms with Crippen LogP contribution in [0.3, 0.4) is 0 Å². The molecule has 0 aromatic heterocycles. The summed E-state index contributed by atoms with van der Waals surface area (Å²) in [5.74, 6) is 0.952. The van der Waals surface area contributed by atoms with Crippen molar-refractivity contribution in [2.24, 2.45) is 0 Å². The van der Waals surface area contributed by atoms with Crippen LogP contribution in [-0.4, -0.2) is 6.54 Å². The van der Waals surface area contributed by atoms with Crippen molar-refractivity contribution in [3.05, 3.63) is 64.7 Å². The van der Waals surface area contributed by atoms with Crippen molar-refractivity contribution in [3.8, 4) is 0 Å². The van der Waals surface area contributed by atoms with Crippen LogP contribution in [0, 0.1) is 0 Å². The van der Waals surface area contributed by atoms with E-state index in [0.29, 0.717) is 0 Å². The highest BCUT2D eigenvalue weighted by molar-refractivity contribution is 7.98. The molecule has 0 aliphatic heterocycles. The molecular weight excluding hydrogens is 286 g/mol. The van der Waals surface area contributed by atoms with E-state index >= 15 is 0 Å². The Bertz CT molecular complexity index is 528. The van der Waals surface area contributed by atoms with E-state index in [4.69, 9.17) is 11.6 Å². The third-order valence-corrected chi connectivity index (χ3v) is 4.56. The summed E-state index contributed by atoms with van der Waals surface area (Å²) in [5, 5.41) is 4.24. The predicted octanol–water partition coefficient (Wildman–Crippen LogP) is 5.13. The van der Waals surface area contributed by atoms with Crippen molar-refractivity contribution in [2.45, 2.75) is 30.5 Å². The molecule has 0 atom stereocenters. The highest BCUT2D eigenvalue weighted by Crippen LogP contribution is 2.30. The minimum atomic E-state index is 0.849. The SMILES string of the molecule is CCCNCc1ccc(SCc2ccccc2)c(Cl)c1. The lowest BCUT2D eigenvalue weighted by atomic mass is 10.2. The fourth-order valence-electron chi connectivity index (χ4n) is 1.92. The molecular formula is C17H20ClNS. The van der Waals surface area contributed by atoms with E-state index in [9.17, 15) is 0 Å². The molecule has 0 bridgehead atoms. The van der Waals surface area contributed by atoms with Gasteiger partial charge in [0.05, 0.1) is 5.02 Å². The van der Waals surface area contributed by atoms with Crippen LogP contribution in [0.2, 0.25) is 5.02 Å². The van der Waals surface area contributed by atoms with Gasteiger partial charge in [-0.25, -0.2) is 0 Å². The van der Waals surface area contributed by atoms with Gasteiger partial charge in [0, 0.05) is 17.2 Å². The van der Waals surface area contributed by atoms with Crippen molar-refractivity contribution < 1.29 is 0 Å². The van der Waals surface area contributed by atoms with Crippen LogP contribution in [0.15, 0.2) is 53.4 Å². The summed E-state index contributed by atoms with van der Waals surface area (Å²) in [6.07, 6.45) is 1.15. The second-order valence-electron chi connectivity index (χ2n) is 4.72. The van der Waals surface area contributed by atoms with Crippen molar-refractivity contribution in [3.63, 3.8) is 0 Å². The highest BCUT2D eigenvalue weighted by atomic mass is 35.5. The zero-order chi connectivity index (χ0) is 14.2. The normalized spacial score (nSPS) is 10.7. The molecule has 0 saturated heterocycles. The van der Waals surface area contributed by atoms with Crippen molar-refractivity contribution in [1.82, 2.24) is 5.32 Å². The number of nitrogens with one attached hydrogen (secondary N) is 1. The van der Waals surface area contributed by atoms with Gasteiger partial charge in [0.1, 0.15) is 0 Å². The molecule has 2 aromatic rings. The van der Waals surface area contributed by atoms with Crippen LogP contribution < -0.4 is 5.32 Å². The molecule has 0 saturated carbocycles. The summed E-state index contributed by atoms with van der Waals surface area (Å²) < 4.78 is 0. The maximum atomic E-state index is 6.36. The van der Waals surface area contributed by atoms with Crippen molar-refractivity contribution in [1.29, 1.82) is 0 Å². The molecule has 20 heavy (non-hydrogen) atoms. The van der Waals surface area contributed by atoms with Gasteiger partial charge in [-0.3, -0.25) is 0 Å². The average Bonchev–Trinajstić information content (AvgIpc) is 2.48. The van der Waals surface area contributed by atoms with E-state index in [-0.39, 0.29) is 0 Å². The summed E-state index contributed by atoms with van der Waals surface area (Å²) in [6.45, 7) is 4.10.